The van der Waals surface area contributed by atoms with Crippen LogP contribution in [0.2, 0.25) is 5.02 Å². The monoisotopic (exact) mass is 378 g/mol. The van der Waals surface area contributed by atoms with Gasteiger partial charge < -0.3 is 10.6 Å². The minimum atomic E-state index is -0.236. The first-order valence-corrected chi connectivity index (χ1v) is 8.02. The van der Waals surface area contributed by atoms with Crippen molar-refractivity contribution < 1.29 is 4.79 Å². The number of halogens is 2. The van der Waals surface area contributed by atoms with E-state index in [4.69, 9.17) is 11.6 Å². The van der Waals surface area contributed by atoms with E-state index in [1.54, 1.807) is 18.3 Å². The Hall–Kier alpha value is -1.78. The molecule has 0 saturated carbocycles. The van der Waals surface area contributed by atoms with Crippen LogP contribution in [0.5, 0.6) is 0 Å². The van der Waals surface area contributed by atoms with Crippen LogP contribution in [0.15, 0.2) is 59.2 Å². The highest BCUT2D eigenvalue weighted by Crippen LogP contribution is 2.15. The Morgan fingerprint density at radius 1 is 1.14 bits per heavy atom. The Balaban J connectivity index is 1.72. The van der Waals surface area contributed by atoms with Gasteiger partial charge in [0.15, 0.2) is 0 Å². The molecule has 0 atom stereocenters. The molecule has 0 aliphatic carbocycles. The lowest BCUT2D eigenvalue weighted by Crippen LogP contribution is -2.33. The highest BCUT2D eigenvalue weighted by molar-refractivity contribution is 9.10. The summed E-state index contributed by atoms with van der Waals surface area (Å²) in [7, 11) is 0. The van der Waals surface area contributed by atoms with Gasteiger partial charge in [-0.05, 0) is 41.8 Å². The SMILES string of the molecule is O=C(N/C=C/c1ccccc1Cl)NCCc1ccc(Br)cc1. The molecular formula is C17H16BrClN2O. The zero-order chi connectivity index (χ0) is 15.8. The van der Waals surface area contributed by atoms with Crippen LogP contribution < -0.4 is 10.6 Å². The van der Waals surface area contributed by atoms with Crippen LogP contribution >= 0.6 is 27.5 Å². The van der Waals surface area contributed by atoms with Gasteiger partial charge >= 0.3 is 6.03 Å². The molecule has 2 amide bonds. The van der Waals surface area contributed by atoms with Gasteiger partial charge in [-0.15, -0.1) is 0 Å². The zero-order valence-electron chi connectivity index (χ0n) is 11.9. The summed E-state index contributed by atoms with van der Waals surface area (Å²) in [5.74, 6) is 0. The average molecular weight is 380 g/mol. The molecule has 0 saturated heterocycles. The number of hydrogen-bond donors (Lipinski definition) is 2. The van der Waals surface area contributed by atoms with Gasteiger partial charge in [-0.1, -0.05) is 57.9 Å². The van der Waals surface area contributed by atoms with Crippen molar-refractivity contribution in [2.75, 3.05) is 6.54 Å². The summed E-state index contributed by atoms with van der Waals surface area (Å²) >= 11 is 9.41. The third kappa shape index (κ3) is 5.54. The van der Waals surface area contributed by atoms with E-state index in [-0.39, 0.29) is 6.03 Å². The van der Waals surface area contributed by atoms with Crippen molar-refractivity contribution in [1.82, 2.24) is 10.6 Å². The summed E-state index contributed by atoms with van der Waals surface area (Å²) in [5, 5.41) is 6.11. The molecule has 0 spiro atoms. The molecule has 2 aromatic carbocycles. The lowest BCUT2D eigenvalue weighted by atomic mass is 10.1. The van der Waals surface area contributed by atoms with Gasteiger partial charge in [-0.3, -0.25) is 0 Å². The summed E-state index contributed by atoms with van der Waals surface area (Å²) < 4.78 is 1.05. The van der Waals surface area contributed by atoms with Gasteiger partial charge in [-0.2, -0.15) is 0 Å². The van der Waals surface area contributed by atoms with Gasteiger partial charge in [-0.25, -0.2) is 4.79 Å². The number of carbonyl (C=O) groups is 1. The number of rotatable bonds is 5. The quantitative estimate of drug-likeness (QED) is 0.782. The number of nitrogens with one attached hydrogen (secondary N) is 2. The second kappa shape index (κ2) is 8.61. The molecule has 0 radical (unpaired) electrons. The molecular weight excluding hydrogens is 364 g/mol. The molecule has 5 heteroatoms. The van der Waals surface area contributed by atoms with Crippen LogP contribution in [0.25, 0.3) is 6.08 Å². The molecule has 2 N–H and O–H groups in total. The topological polar surface area (TPSA) is 41.1 Å². The molecule has 0 bridgehead atoms. The summed E-state index contributed by atoms with van der Waals surface area (Å²) in [6.07, 6.45) is 4.13. The highest BCUT2D eigenvalue weighted by Gasteiger charge is 1.98. The van der Waals surface area contributed by atoms with Crippen molar-refractivity contribution in [3.05, 3.63) is 75.4 Å². The first-order chi connectivity index (χ1) is 10.6. The van der Waals surface area contributed by atoms with E-state index < -0.39 is 0 Å². The van der Waals surface area contributed by atoms with Crippen LogP contribution in [0.4, 0.5) is 4.79 Å². The highest BCUT2D eigenvalue weighted by atomic mass is 79.9. The normalized spacial score (nSPS) is 10.6. The fourth-order valence-electron chi connectivity index (χ4n) is 1.84. The van der Waals surface area contributed by atoms with Gasteiger partial charge in [0.05, 0.1) is 0 Å². The van der Waals surface area contributed by atoms with E-state index in [2.05, 4.69) is 26.6 Å². The van der Waals surface area contributed by atoms with Crippen molar-refractivity contribution >= 4 is 39.6 Å². The van der Waals surface area contributed by atoms with Crippen molar-refractivity contribution in [2.24, 2.45) is 0 Å². The number of benzene rings is 2. The van der Waals surface area contributed by atoms with Crippen molar-refractivity contribution in [3.8, 4) is 0 Å². The zero-order valence-corrected chi connectivity index (χ0v) is 14.2. The van der Waals surface area contributed by atoms with Crippen LogP contribution in [0, 0.1) is 0 Å². The predicted molar refractivity (Wildman–Crippen MR) is 94.9 cm³/mol. The molecule has 0 aliphatic heterocycles. The molecule has 22 heavy (non-hydrogen) atoms. The summed E-state index contributed by atoms with van der Waals surface area (Å²) in [4.78, 5) is 11.6. The third-order valence-electron chi connectivity index (χ3n) is 3.00. The van der Waals surface area contributed by atoms with E-state index in [0.29, 0.717) is 11.6 Å². The molecule has 0 fully saturated rings. The Labute approximate surface area is 143 Å². The molecule has 3 nitrogen and oxygen atoms in total. The summed E-state index contributed by atoms with van der Waals surface area (Å²) in [6, 6.07) is 15.2. The lowest BCUT2D eigenvalue weighted by Gasteiger charge is -2.05. The van der Waals surface area contributed by atoms with E-state index in [9.17, 15) is 4.79 Å². The third-order valence-corrected chi connectivity index (χ3v) is 3.87. The van der Waals surface area contributed by atoms with Crippen LogP contribution in [-0.4, -0.2) is 12.6 Å². The van der Waals surface area contributed by atoms with Crippen molar-refractivity contribution in [2.45, 2.75) is 6.42 Å². The minimum Gasteiger partial charge on any atom is -0.338 e. The number of urea groups is 1. The fraction of sp³-hybridized carbons (Fsp3) is 0.118. The molecule has 2 aromatic rings. The van der Waals surface area contributed by atoms with Crippen LogP contribution in [0.1, 0.15) is 11.1 Å². The second-order valence-electron chi connectivity index (χ2n) is 4.63. The number of amides is 2. The predicted octanol–water partition coefficient (Wildman–Crippen LogP) is 4.62. The number of hydrogen-bond acceptors (Lipinski definition) is 1. The molecule has 0 aromatic heterocycles. The van der Waals surface area contributed by atoms with Gasteiger partial charge in [0.1, 0.15) is 0 Å². The van der Waals surface area contributed by atoms with Gasteiger partial charge in [0, 0.05) is 22.2 Å². The Kier molecular flexibility index (Phi) is 6.49. The van der Waals surface area contributed by atoms with Crippen molar-refractivity contribution in [3.63, 3.8) is 0 Å². The standard InChI is InChI=1S/C17H16BrClN2O/c18-15-7-5-13(6-8-15)9-11-20-17(22)21-12-10-14-3-1-2-4-16(14)19/h1-8,10,12H,9,11H2,(H2,20,21,22)/b12-10+. The smallest absolute Gasteiger partial charge is 0.318 e. The Bertz CT molecular complexity index is 656. The summed E-state index contributed by atoms with van der Waals surface area (Å²) in [5.41, 5.74) is 2.04. The maximum atomic E-state index is 11.6. The molecule has 114 valence electrons. The Morgan fingerprint density at radius 3 is 2.59 bits per heavy atom. The largest absolute Gasteiger partial charge is 0.338 e. The lowest BCUT2D eigenvalue weighted by molar-refractivity contribution is 0.244. The maximum absolute atomic E-state index is 11.6. The average Bonchev–Trinajstić information content (AvgIpc) is 2.51. The van der Waals surface area contributed by atoms with E-state index in [0.717, 1.165) is 16.5 Å². The molecule has 2 rings (SSSR count). The van der Waals surface area contributed by atoms with Crippen molar-refractivity contribution in [1.29, 1.82) is 0 Å². The first kappa shape index (κ1) is 16.6. The van der Waals surface area contributed by atoms with Gasteiger partial charge in [0.25, 0.3) is 0 Å². The number of carbonyl (C=O) groups excluding carboxylic acids is 1. The maximum Gasteiger partial charge on any atom is 0.318 e. The van der Waals surface area contributed by atoms with Gasteiger partial charge in [0.2, 0.25) is 0 Å². The first-order valence-electron chi connectivity index (χ1n) is 6.85. The van der Waals surface area contributed by atoms with Crippen LogP contribution in [0.3, 0.4) is 0 Å². The molecule has 0 unspecified atom stereocenters. The summed E-state index contributed by atoms with van der Waals surface area (Å²) in [6.45, 7) is 0.577. The molecule has 0 heterocycles. The van der Waals surface area contributed by atoms with E-state index >= 15 is 0 Å². The Morgan fingerprint density at radius 2 is 1.86 bits per heavy atom. The second-order valence-corrected chi connectivity index (χ2v) is 5.95. The van der Waals surface area contributed by atoms with E-state index in [1.165, 1.54) is 5.56 Å². The fourth-order valence-corrected chi connectivity index (χ4v) is 2.30. The van der Waals surface area contributed by atoms with Crippen LogP contribution in [-0.2, 0) is 6.42 Å². The van der Waals surface area contributed by atoms with E-state index in [1.807, 2.05) is 42.5 Å². The minimum absolute atomic E-state index is 0.236. The molecule has 0 aliphatic rings.